The molecule has 4 heterocycles. The van der Waals surface area contributed by atoms with E-state index in [-0.39, 0.29) is 5.92 Å². The number of aliphatic carboxylic acids is 1. The monoisotopic (exact) mass is 647 g/mol. The Kier molecular flexibility index (Phi) is 8.96. The van der Waals surface area contributed by atoms with Crippen LogP contribution in [0.5, 0.6) is 0 Å². The lowest BCUT2D eigenvalue weighted by molar-refractivity contribution is -0.145. The fourth-order valence-corrected chi connectivity index (χ4v) is 7.63. The number of piperidine rings is 1. The molecule has 2 aliphatic heterocycles. The summed E-state index contributed by atoms with van der Waals surface area (Å²) >= 11 is 1.49. The van der Waals surface area contributed by atoms with Gasteiger partial charge in [0.05, 0.1) is 21.8 Å². The molecule has 1 saturated heterocycles. The van der Waals surface area contributed by atoms with E-state index in [1.807, 2.05) is 35.7 Å². The first-order valence-electron chi connectivity index (χ1n) is 15.0. The van der Waals surface area contributed by atoms with Crippen molar-refractivity contribution in [3.63, 3.8) is 0 Å². The lowest BCUT2D eigenvalue weighted by Gasteiger charge is -2.35. The summed E-state index contributed by atoms with van der Waals surface area (Å²) in [5, 5.41) is 16.6. The molecule has 3 aliphatic rings. The number of likely N-dealkylation sites (tertiary alicyclic amines) is 1. The van der Waals surface area contributed by atoms with Gasteiger partial charge in [-0.25, -0.2) is 22.5 Å². The number of halogens is 4. The van der Waals surface area contributed by atoms with E-state index >= 15 is 0 Å². The summed E-state index contributed by atoms with van der Waals surface area (Å²) in [6, 6.07) is 8.21. The summed E-state index contributed by atoms with van der Waals surface area (Å²) in [5.41, 5.74) is 3.55. The van der Waals surface area contributed by atoms with Crippen molar-refractivity contribution < 1.29 is 37.1 Å². The third-order valence-corrected chi connectivity index (χ3v) is 10.1. The van der Waals surface area contributed by atoms with Gasteiger partial charge < -0.3 is 10.0 Å². The Hall–Kier alpha value is -3.78. The molecule has 9 nitrogen and oxygen atoms in total. The molecule has 2 fully saturated rings. The number of aromatic nitrogens is 3. The molecular weight excluding hydrogens is 614 g/mol. The van der Waals surface area contributed by atoms with Gasteiger partial charge in [0.15, 0.2) is 0 Å². The number of rotatable bonds is 9. The van der Waals surface area contributed by atoms with Crippen molar-refractivity contribution in [1.82, 2.24) is 25.1 Å². The first-order valence-corrected chi connectivity index (χ1v) is 15.9. The molecule has 0 bridgehead atoms. The fraction of sp³-hybridized carbons (Fsp3) is 0.484. The minimum absolute atomic E-state index is 0.0840. The van der Waals surface area contributed by atoms with Crippen LogP contribution in [0.4, 0.5) is 17.6 Å². The van der Waals surface area contributed by atoms with Crippen LogP contribution in [-0.4, -0.2) is 49.7 Å². The van der Waals surface area contributed by atoms with Gasteiger partial charge in [-0.15, -0.1) is 11.3 Å². The Morgan fingerprint density at radius 1 is 1.09 bits per heavy atom. The highest BCUT2D eigenvalue weighted by atomic mass is 32.1. The molecule has 1 unspecified atom stereocenters. The van der Waals surface area contributed by atoms with Crippen LogP contribution in [0.15, 0.2) is 41.8 Å². The lowest BCUT2D eigenvalue weighted by Crippen LogP contribution is -2.40. The largest absolute Gasteiger partial charge is 0.481 e. The number of thiazole rings is 1. The van der Waals surface area contributed by atoms with E-state index < -0.39 is 54.2 Å². The highest BCUT2D eigenvalue weighted by molar-refractivity contribution is 7.09. The van der Waals surface area contributed by atoms with Gasteiger partial charge in [-0.2, -0.15) is 5.10 Å². The highest BCUT2D eigenvalue weighted by Gasteiger charge is 2.44. The Morgan fingerprint density at radius 2 is 1.82 bits per heavy atom. The van der Waals surface area contributed by atoms with Crippen LogP contribution in [-0.2, 0) is 26.4 Å². The third-order valence-electron chi connectivity index (χ3n) is 9.07. The van der Waals surface area contributed by atoms with Crippen molar-refractivity contribution in [2.75, 3.05) is 13.1 Å². The Balaban J connectivity index is 1.10. The molecule has 1 saturated carbocycles. The number of amides is 1. The van der Waals surface area contributed by atoms with Gasteiger partial charge in [0.1, 0.15) is 24.0 Å². The third kappa shape index (κ3) is 6.22. The van der Waals surface area contributed by atoms with Crippen LogP contribution in [0.1, 0.15) is 103 Å². The Labute approximate surface area is 260 Å². The topological polar surface area (TPSA) is 110 Å². The quantitative estimate of drug-likeness (QED) is 0.255. The zero-order chi connectivity index (χ0) is 31.7. The van der Waals surface area contributed by atoms with Gasteiger partial charge in [0.2, 0.25) is 5.91 Å². The second-order valence-corrected chi connectivity index (χ2v) is 12.6. The number of carbonyl (C=O) groups excluding carboxylic acids is 1. The summed E-state index contributed by atoms with van der Waals surface area (Å²) in [7, 11) is 0. The molecule has 45 heavy (non-hydrogen) atoms. The molecule has 1 aliphatic carbocycles. The minimum atomic E-state index is -3.03. The van der Waals surface area contributed by atoms with E-state index in [2.05, 4.69) is 10.6 Å². The number of benzene rings is 1. The lowest BCUT2D eigenvalue weighted by atomic mass is 9.67. The van der Waals surface area contributed by atoms with Gasteiger partial charge in [-0.05, 0) is 49.0 Å². The van der Waals surface area contributed by atoms with Crippen molar-refractivity contribution in [3.05, 3.63) is 75.0 Å². The smallest absolute Gasteiger partial charge is 0.314 e. The number of hydroxylamine groups is 1. The van der Waals surface area contributed by atoms with Crippen LogP contribution in [0.2, 0.25) is 0 Å². The predicted octanol–water partition coefficient (Wildman–Crippen LogP) is 6.52. The molecule has 1 atom stereocenters. The summed E-state index contributed by atoms with van der Waals surface area (Å²) in [4.78, 5) is 37.7. The van der Waals surface area contributed by atoms with Crippen molar-refractivity contribution in [1.29, 1.82) is 0 Å². The molecule has 1 aromatic carbocycles. The van der Waals surface area contributed by atoms with E-state index in [1.165, 1.54) is 16.2 Å². The summed E-state index contributed by atoms with van der Waals surface area (Å²) in [5.74, 6) is -1.18. The average Bonchev–Trinajstić information content (AvgIpc) is 3.82. The molecule has 2 aromatic heterocycles. The standard InChI is InChI=1S/C31H33F4N5O4S/c32-27(33)22-14-24(28(34)35)40(37-22)16-26(41)39-12-8-18(9-13-39)29-36-23(17-45-29)21-15-25(44-38-21)19-6-2-3-7-20(19)31(30(42)43)10-4-1-5-11-31/h2-3,6-7,14-15,17-18,25,27-28,38H,1,4-5,8-13,16H2,(H,42,43). The maximum Gasteiger partial charge on any atom is 0.314 e. The SMILES string of the molecule is O=C(Cn1nc(C(F)F)cc1C(F)F)N1CCC(c2nc(C3=CC(c4ccccc4C4(C(=O)O)CCCCC4)ON3)cs2)CC1. The van der Waals surface area contributed by atoms with Crippen LogP contribution in [0.25, 0.3) is 5.70 Å². The van der Waals surface area contributed by atoms with Gasteiger partial charge in [-0.3, -0.25) is 24.6 Å². The number of carboxylic acids is 1. The number of hydrogen-bond acceptors (Lipinski definition) is 7. The number of carbonyl (C=O) groups is 2. The first kappa shape index (κ1) is 31.2. The van der Waals surface area contributed by atoms with E-state index in [0.29, 0.717) is 60.9 Å². The van der Waals surface area contributed by atoms with Gasteiger partial charge in [-0.1, -0.05) is 43.5 Å². The van der Waals surface area contributed by atoms with E-state index in [0.717, 1.165) is 35.4 Å². The van der Waals surface area contributed by atoms with E-state index in [9.17, 15) is 32.3 Å². The van der Waals surface area contributed by atoms with Crippen molar-refractivity contribution in [2.24, 2.45) is 0 Å². The molecule has 240 valence electrons. The molecule has 3 aromatic rings. The highest BCUT2D eigenvalue weighted by Crippen LogP contribution is 2.44. The molecule has 2 N–H and O–H groups in total. The number of alkyl halides is 4. The Bertz CT molecular complexity index is 1580. The molecule has 1 amide bonds. The number of carboxylic acid groups (broad SMARTS) is 1. The van der Waals surface area contributed by atoms with Crippen LogP contribution >= 0.6 is 11.3 Å². The first-order chi connectivity index (χ1) is 21.7. The Morgan fingerprint density at radius 3 is 2.51 bits per heavy atom. The van der Waals surface area contributed by atoms with Gasteiger partial charge in [0.25, 0.3) is 12.9 Å². The summed E-state index contributed by atoms with van der Waals surface area (Å²) in [6.45, 7) is 0.218. The molecule has 0 radical (unpaired) electrons. The maximum atomic E-state index is 13.3. The number of nitrogens with one attached hydrogen (secondary N) is 1. The van der Waals surface area contributed by atoms with E-state index in [1.54, 1.807) is 0 Å². The molecular formula is C31H33F4N5O4S. The molecule has 6 rings (SSSR count). The molecule has 14 heteroatoms. The average molecular weight is 648 g/mol. The van der Waals surface area contributed by atoms with Crippen molar-refractivity contribution in [3.8, 4) is 0 Å². The zero-order valence-electron chi connectivity index (χ0n) is 24.3. The summed E-state index contributed by atoms with van der Waals surface area (Å²) in [6.07, 6.45) is 0.570. The second kappa shape index (κ2) is 12.9. The van der Waals surface area contributed by atoms with Gasteiger partial charge in [0, 0.05) is 24.4 Å². The number of hydrogen-bond donors (Lipinski definition) is 2. The van der Waals surface area contributed by atoms with E-state index in [4.69, 9.17) is 9.82 Å². The van der Waals surface area contributed by atoms with Crippen LogP contribution in [0, 0.1) is 0 Å². The second-order valence-electron chi connectivity index (χ2n) is 11.7. The van der Waals surface area contributed by atoms with Gasteiger partial charge >= 0.3 is 5.97 Å². The maximum absolute atomic E-state index is 13.3. The summed E-state index contributed by atoms with van der Waals surface area (Å²) < 4.78 is 53.3. The zero-order valence-corrected chi connectivity index (χ0v) is 25.1. The number of nitrogens with zero attached hydrogens (tertiary/aromatic N) is 4. The predicted molar refractivity (Wildman–Crippen MR) is 157 cm³/mol. The van der Waals surface area contributed by atoms with Crippen LogP contribution < -0.4 is 5.48 Å². The normalized spacial score (nSPS) is 20.4. The molecule has 0 spiro atoms. The minimum Gasteiger partial charge on any atom is -0.481 e. The van der Waals surface area contributed by atoms with Crippen molar-refractivity contribution >= 4 is 28.9 Å². The fourth-order valence-electron chi connectivity index (χ4n) is 6.64. The van der Waals surface area contributed by atoms with Crippen LogP contribution in [0.3, 0.4) is 0 Å². The van der Waals surface area contributed by atoms with Crippen molar-refractivity contribution in [2.45, 2.75) is 81.8 Å².